The molecule has 0 aromatic heterocycles. The highest BCUT2D eigenvalue weighted by molar-refractivity contribution is 5.87. The average molecular weight is 155 g/mol. The molecule has 0 aliphatic carbocycles. The van der Waals surface area contributed by atoms with Gasteiger partial charge in [-0.05, 0) is 19.8 Å². The fourth-order valence-corrected chi connectivity index (χ4v) is 1.01. The molecule has 0 aromatic rings. The van der Waals surface area contributed by atoms with E-state index in [2.05, 4.69) is 5.32 Å². The standard InChI is InChI=1S/C8H13NO2/c1-2-11-8(10)7-5-3-4-6-9-7/h5,9H,2-4,6H2,1H3. The number of allylic oxidation sites excluding steroid dienone is 1. The van der Waals surface area contributed by atoms with Crippen molar-refractivity contribution in [3.05, 3.63) is 11.8 Å². The summed E-state index contributed by atoms with van der Waals surface area (Å²) >= 11 is 0. The Morgan fingerprint density at radius 3 is 3.18 bits per heavy atom. The van der Waals surface area contributed by atoms with Crippen molar-refractivity contribution in [2.45, 2.75) is 19.8 Å². The smallest absolute Gasteiger partial charge is 0.354 e. The zero-order valence-electron chi connectivity index (χ0n) is 6.72. The third-order valence-electron chi connectivity index (χ3n) is 1.54. The van der Waals surface area contributed by atoms with Crippen LogP contribution in [-0.4, -0.2) is 19.1 Å². The number of hydrogen-bond acceptors (Lipinski definition) is 3. The van der Waals surface area contributed by atoms with Gasteiger partial charge in [0.05, 0.1) is 6.61 Å². The summed E-state index contributed by atoms with van der Waals surface area (Å²) in [5, 5.41) is 2.99. The molecule has 11 heavy (non-hydrogen) atoms. The van der Waals surface area contributed by atoms with Crippen LogP contribution in [0.4, 0.5) is 0 Å². The third-order valence-corrected chi connectivity index (χ3v) is 1.54. The van der Waals surface area contributed by atoms with Crippen molar-refractivity contribution in [3.63, 3.8) is 0 Å². The largest absolute Gasteiger partial charge is 0.461 e. The summed E-state index contributed by atoms with van der Waals surface area (Å²) < 4.78 is 4.81. The molecule has 0 saturated heterocycles. The number of ether oxygens (including phenoxy) is 1. The highest BCUT2D eigenvalue weighted by atomic mass is 16.5. The van der Waals surface area contributed by atoms with Crippen LogP contribution in [0.3, 0.4) is 0 Å². The Morgan fingerprint density at radius 1 is 1.82 bits per heavy atom. The van der Waals surface area contributed by atoms with Gasteiger partial charge in [-0.15, -0.1) is 0 Å². The maximum atomic E-state index is 11.0. The second-order valence-corrected chi connectivity index (χ2v) is 2.41. The highest BCUT2D eigenvalue weighted by Crippen LogP contribution is 2.04. The Balaban J connectivity index is 2.44. The van der Waals surface area contributed by atoms with Crippen LogP contribution in [0.15, 0.2) is 11.8 Å². The minimum absolute atomic E-state index is 0.229. The number of carbonyl (C=O) groups excluding carboxylic acids is 1. The van der Waals surface area contributed by atoms with Crippen molar-refractivity contribution in [2.24, 2.45) is 0 Å². The summed E-state index contributed by atoms with van der Waals surface area (Å²) in [5.41, 5.74) is 0.623. The normalized spacial score (nSPS) is 16.6. The second-order valence-electron chi connectivity index (χ2n) is 2.41. The van der Waals surface area contributed by atoms with Crippen molar-refractivity contribution in [1.82, 2.24) is 5.32 Å². The zero-order valence-corrected chi connectivity index (χ0v) is 6.72. The highest BCUT2D eigenvalue weighted by Gasteiger charge is 2.11. The molecule has 0 atom stereocenters. The number of hydrogen-bond donors (Lipinski definition) is 1. The lowest BCUT2D eigenvalue weighted by Crippen LogP contribution is -2.25. The lowest BCUT2D eigenvalue weighted by Gasteiger charge is -2.13. The van der Waals surface area contributed by atoms with Crippen molar-refractivity contribution in [1.29, 1.82) is 0 Å². The number of rotatable bonds is 2. The molecule has 0 amide bonds. The summed E-state index contributed by atoms with van der Waals surface area (Å²) in [6.07, 6.45) is 3.96. The predicted molar refractivity (Wildman–Crippen MR) is 42.0 cm³/mol. The molecule has 1 rings (SSSR count). The lowest BCUT2D eigenvalue weighted by molar-refractivity contribution is -0.139. The Bertz CT molecular complexity index is 175. The van der Waals surface area contributed by atoms with Crippen LogP contribution in [0.5, 0.6) is 0 Å². The molecule has 0 bridgehead atoms. The van der Waals surface area contributed by atoms with E-state index in [-0.39, 0.29) is 5.97 Å². The molecule has 1 heterocycles. The maximum Gasteiger partial charge on any atom is 0.354 e. The van der Waals surface area contributed by atoms with Crippen LogP contribution < -0.4 is 5.32 Å². The van der Waals surface area contributed by atoms with E-state index in [0.29, 0.717) is 12.3 Å². The first-order valence-electron chi connectivity index (χ1n) is 3.95. The van der Waals surface area contributed by atoms with Crippen LogP contribution in [0.2, 0.25) is 0 Å². The first kappa shape index (κ1) is 8.11. The lowest BCUT2D eigenvalue weighted by atomic mass is 10.2. The Labute approximate surface area is 66.4 Å². The Morgan fingerprint density at radius 2 is 2.64 bits per heavy atom. The summed E-state index contributed by atoms with van der Waals surface area (Å²) in [6.45, 7) is 3.13. The minimum Gasteiger partial charge on any atom is -0.461 e. The monoisotopic (exact) mass is 155 g/mol. The Hall–Kier alpha value is -0.990. The molecule has 1 aliphatic rings. The van der Waals surface area contributed by atoms with E-state index in [1.165, 1.54) is 0 Å². The van der Waals surface area contributed by atoms with Crippen molar-refractivity contribution in [3.8, 4) is 0 Å². The van der Waals surface area contributed by atoms with Gasteiger partial charge in [0.15, 0.2) is 0 Å². The fraction of sp³-hybridized carbons (Fsp3) is 0.625. The first-order valence-corrected chi connectivity index (χ1v) is 3.95. The molecule has 1 aliphatic heterocycles. The van der Waals surface area contributed by atoms with Gasteiger partial charge in [-0.2, -0.15) is 0 Å². The van der Waals surface area contributed by atoms with E-state index in [1.807, 2.05) is 6.08 Å². The van der Waals surface area contributed by atoms with Crippen molar-refractivity contribution in [2.75, 3.05) is 13.2 Å². The molecular formula is C8H13NO2. The fourth-order valence-electron chi connectivity index (χ4n) is 1.01. The van der Waals surface area contributed by atoms with Gasteiger partial charge in [-0.25, -0.2) is 4.79 Å². The SMILES string of the molecule is CCOC(=O)C1=CCCCN1. The molecule has 0 unspecified atom stereocenters. The van der Waals surface area contributed by atoms with E-state index in [0.717, 1.165) is 19.4 Å². The molecule has 1 N–H and O–H groups in total. The van der Waals surface area contributed by atoms with Gasteiger partial charge in [-0.3, -0.25) is 0 Å². The summed E-state index contributed by atoms with van der Waals surface area (Å²) in [5.74, 6) is -0.229. The second kappa shape index (κ2) is 4.01. The molecule has 0 saturated carbocycles. The zero-order chi connectivity index (χ0) is 8.10. The van der Waals surface area contributed by atoms with E-state index in [1.54, 1.807) is 6.92 Å². The molecule has 0 fully saturated rings. The van der Waals surface area contributed by atoms with Crippen LogP contribution in [0, 0.1) is 0 Å². The van der Waals surface area contributed by atoms with E-state index in [4.69, 9.17) is 4.74 Å². The van der Waals surface area contributed by atoms with Crippen LogP contribution in [-0.2, 0) is 9.53 Å². The number of nitrogens with one attached hydrogen (secondary N) is 1. The maximum absolute atomic E-state index is 11.0. The molecular weight excluding hydrogens is 142 g/mol. The van der Waals surface area contributed by atoms with Gasteiger partial charge in [0.25, 0.3) is 0 Å². The quantitative estimate of drug-likeness (QED) is 0.600. The third kappa shape index (κ3) is 2.26. The number of esters is 1. The molecule has 62 valence electrons. The topological polar surface area (TPSA) is 38.3 Å². The molecule has 0 aromatic carbocycles. The summed E-state index contributed by atoms with van der Waals surface area (Å²) in [6, 6.07) is 0. The van der Waals surface area contributed by atoms with Crippen LogP contribution in [0.1, 0.15) is 19.8 Å². The summed E-state index contributed by atoms with van der Waals surface area (Å²) in [7, 11) is 0. The van der Waals surface area contributed by atoms with Gasteiger partial charge >= 0.3 is 5.97 Å². The minimum atomic E-state index is -0.229. The predicted octanol–water partition coefficient (Wildman–Crippen LogP) is 0.817. The Kier molecular flexibility index (Phi) is 2.95. The van der Waals surface area contributed by atoms with Gasteiger partial charge in [0, 0.05) is 6.54 Å². The average Bonchev–Trinajstić information content (AvgIpc) is 2.07. The van der Waals surface area contributed by atoms with Gasteiger partial charge in [0.1, 0.15) is 5.70 Å². The van der Waals surface area contributed by atoms with E-state index >= 15 is 0 Å². The van der Waals surface area contributed by atoms with Crippen molar-refractivity contribution < 1.29 is 9.53 Å². The van der Waals surface area contributed by atoms with Gasteiger partial charge in [-0.1, -0.05) is 6.08 Å². The van der Waals surface area contributed by atoms with Crippen LogP contribution in [0.25, 0.3) is 0 Å². The first-order chi connectivity index (χ1) is 5.34. The van der Waals surface area contributed by atoms with E-state index < -0.39 is 0 Å². The molecule has 3 nitrogen and oxygen atoms in total. The molecule has 3 heteroatoms. The molecule has 0 spiro atoms. The summed E-state index contributed by atoms with van der Waals surface area (Å²) in [4.78, 5) is 11.0. The van der Waals surface area contributed by atoms with Gasteiger partial charge < -0.3 is 10.1 Å². The van der Waals surface area contributed by atoms with E-state index in [9.17, 15) is 4.79 Å². The van der Waals surface area contributed by atoms with Crippen molar-refractivity contribution >= 4 is 5.97 Å². The molecule has 0 radical (unpaired) electrons. The van der Waals surface area contributed by atoms with Gasteiger partial charge in [0.2, 0.25) is 0 Å². The number of carbonyl (C=O) groups is 1. The van der Waals surface area contributed by atoms with Crippen LogP contribution >= 0.6 is 0 Å².